The third kappa shape index (κ3) is 5.63. The third-order valence-electron chi connectivity index (χ3n) is 3.72. The highest BCUT2D eigenvalue weighted by atomic mass is 16.6. The minimum atomic E-state index is -0.457. The molecule has 0 saturated heterocycles. The second-order valence-electron chi connectivity index (χ2n) is 6.72. The van der Waals surface area contributed by atoms with Crippen LogP contribution in [0.3, 0.4) is 0 Å². The van der Waals surface area contributed by atoms with Crippen LogP contribution in [0.15, 0.2) is 10.9 Å². The number of carbonyl (C=O) groups excluding carboxylic acids is 1. The molecule has 2 unspecified atom stereocenters. The van der Waals surface area contributed by atoms with E-state index in [-0.39, 0.29) is 6.09 Å². The van der Waals surface area contributed by atoms with Gasteiger partial charge in [-0.3, -0.25) is 0 Å². The van der Waals surface area contributed by atoms with Crippen LogP contribution in [0, 0.1) is 5.92 Å². The van der Waals surface area contributed by atoms with Gasteiger partial charge in [-0.25, -0.2) is 4.79 Å². The molecule has 1 aliphatic carbocycles. The molecule has 0 aliphatic heterocycles. The highest BCUT2D eigenvalue weighted by Gasteiger charge is 2.27. The molecule has 7 heteroatoms. The van der Waals surface area contributed by atoms with Crippen LogP contribution in [0.25, 0.3) is 0 Å². The predicted octanol–water partition coefficient (Wildman–Crippen LogP) is 1.90. The summed E-state index contributed by atoms with van der Waals surface area (Å²) in [6.07, 6.45) is 5.22. The van der Waals surface area contributed by atoms with E-state index < -0.39 is 5.60 Å². The maximum atomic E-state index is 11.7. The topological polar surface area (TPSA) is 89.3 Å². The zero-order valence-electron chi connectivity index (χ0n) is 13.6. The largest absolute Gasteiger partial charge is 0.444 e. The lowest BCUT2D eigenvalue weighted by molar-refractivity contribution is 0.0517. The van der Waals surface area contributed by atoms with Gasteiger partial charge in [0.1, 0.15) is 5.60 Å². The Balaban J connectivity index is 1.68. The molecule has 1 aromatic rings. The van der Waals surface area contributed by atoms with Gasteiger partial charge < -0.3 is 19.9 Å². The van der Waals surface area contributed by atoms with Gasteiger partial charge in [-0.15, -0.1) is 0 Å². The van der Waals surface area contributed by atoms with Crippen molar-refractivity contribution in [3.63, 3.8) is 0 Å². The number of rotatable bonds is 6. The molecule has 1 heterocycles. The average Bonchev–Trinajstić information content (AvgIpc) is 3.06. The molecule has 2 atom stereocenters. The van der Waals surface area contributed by atoms with E-state index >= 15 is 0 Å². The number of nitrogens with one attached hydrogen (secondary N) is 2. The molecule has 0 radical (unpaired) electrons. The Kier molecular flexibility index (Phi) is 5.76. The van der Waals surface area contributed by atoms with Gasteiger partial charge >= 0.3 is 6.09 Å². The number of aromatic nitrogens is 2. The normalized spacial score (nSPS) is 21.8. The minimum absolute atomic E-state index is 0.344. The van der Waals surface area contributed by atoms with Crippen molar-refractivity contribution in [2.75, 3.05) is 13.1 Å². The fourth-order valence-corrected chi connectivity index (χ4v) is 2.75. The minimum Gasteiger partial charge on any atom is -0.444 e. The Morgan fingerprint density at radius 2 is 2.27 bits per heavy atom. The van der Waals surface area contributed by atoms with Crippen molar-refractivity contribution in [2.24, 2.45) is 5.92 Å². The fourth-order valence-electron chi connectivity index (χ4n) is 2.75. The van der Waals surface area contributed by atoms with Gasteiger partial charge in [-0.05, 0) is 39.5 Å². The van der Waals surface area contributed by atoms with E-state index in [1.807, 2.05) is 20.8 Å². The van der Waals surface area contributed by atoms with E-state index in [0.29, 0.717) is 24.4 Å². The van der Waals surface area contributed by atoms with Gasteiger partial charge in [-0.1, -0.05) is 11.6 Å². The summed E-state index contributed by atoms with van der Waals surface area (Å²) in [5.41, 5.74) is -0.457. The smallest absolute Gasteiger partial charge is 0.407 e. The molecule has 0 spiro atoms. The lowest BCUT2D eigenvalue weighted by Crippen LogP contribution is -2.41. The van der Waals surface area contributed by atoms with Gasteiger partial charge in [0.05, 0.1) is 0 Å². The molecule has 124 valence electrons. The molecule has 0 aromatic carbocycles. The molecule has 1 saturated carbocycles. The molecule has 22 heavy (non-hydrogen) atoms. The Labute approximate surface area is 131 Å². The van der Waals surface area contributed by atoms with Crippen molar-refractivity contribution < 1.29 is 14.1 Å². The molecule has 7 nitrogen and oxygen atoms in total. The number of hydrogen-bond acceptors (Lipinski definition) is 6. The van der Waals surface area contributed by atoms with E-state index in [4.69, 9.17) is 9.26 Å². The SMILES string of the molecule is CC(C)(C)OC(=O)NCC1CCCC1NCCc1ncno1. The number of nitrogens with zero attached hydrogens (tertiary/aromatic N) is 2. The van der Waals surface area contributed by atoms with E-state index in [1.54, 1.807) is 0 Å². The standard InChI is InChI=1S/C15H26N4O3/c1-15(2,3)21-14(20)17-9-11-5-4-6-12(11)16-8-7-13-18-10-19-22-13/h10-12,16H,4-9H2,1-3H3,(H,17,20). The summed E-state index contributed by atoms with van der Waals surface area (Å²) in [5.74, 6) is 1.09. The van der Waals surface area contributed by atoms with Gasteiger partial charge in [0.25, 0.3) is 0 Å². The molecule has 1 amide bonds. The van der Waals surface area contributed by atoms with Crippen LogP contribution in [0.5, 0.6) is 0 Å². The van der Waals surface area contributed by atoms with Crippen molar-refractivity contribution in [3.8, 4) is 0 Å². The van der Waals surface area contributed by atoms with Crippen molar-refractivity contribution in [1.29, 1.82) is 0 Å². The summed E-state index contributed by atoms with van der Waals surface area (Å²) in [5, 5.41) is 9.99. The number of ether oxygens (including phenoxy) is 1. The zero-order valence-corrected chi connectivity index (χ0v) is 13.6. The van der Waals surface area contributed by atoms with Crippen LogP contribution in [0.1, 0.15) is 45.9 Å². The molecule has 2 N–H and O–H groups in total. The Bertz CT molecular complexity index is 456. The predicted molar refractivity (Wildman–Crippen MR) is 81.4 cm³/mol. The fraction of sp³-hybridized carbons (Fsp3) is 0.800. The third-order valence-corrected chi connectivity index (χ3v) is 3.72. The van der Waals surface area contributed by atoms with Crippen molar-refractivity contribution in [1.82, 2.24) is 20.8 Å². The van der Waals surface area contributed by atoms with Crippen molar-refractivity contribution in [2.45, 2.75) is 58.1 Å². The Morgan fingerprint density at radius 1 is 1.45 bits per heavy atom. The molecule has 1 fully saturated rings. The maximum Gasteiger partial charge on any atom is 0.407 e. The highest BCUT2D eigenvalue weighted by Crippen LogP contribution is 2.25. The van der Waals surface area contributed by atoms with Crippen LogP contribution in [0.2, 0.25) is 0 Å². The van der Waals surface area contributed by atoms with Gasteiger partial charge in [-0.2, -0.15) is 4.98 Å². The Hall–Kier alpha value is -1.63. The van der Waals surface area contributed by atoms with E-state index in [1.165, 1.54) is 12.7 Å². The Morgan fingerprint density at radius 3 is 2.95 bits per heavy atom. The second-order valence-corrected chi connectivity index (χ2v) is 6.72. The first-order valence-electron chi connectivity index (χ1n) is 7.90. The number of alkyl carbamates (subject to hydrolysis) is 1. The summed E-state index contributed by atoms with van der Waals surface area (Å²) in [6.45, 7) is 7.04. The quantitative estimate of drug-likeness (QED) is 0.834. The first-order chi connectivity index (χ1) is 10.4. The van der Waals surface area contributed by atoms with E-state index in [0.717, 1.165) is 25.8 Å². The monoisotopic (exact) mass is 310 g/mol. The van der Waals surface area contributed by atoms with Crippen LogP contribution < -0.4 is 10.6 Å². The summed E-state index contributed by atoms with van der Waals surface area (Å²) in [6, 6.07) is 0.415. The van der Waals surface area contributed by atoms with Crippen molar-refractivity contribution in [3.05, 3.63) is 12.2 Å². The molecule has 2 rings (SSSR count). The number of carbonyl (C=O) groups is 1. The van der Waals surface area contributed by atoms with E-state index in [9.17, 15) is 4.79 Å². The van der Waals surface area contributed by atoms with Gasteiger partial charge in [0.15, 0.2) is 6.33 Å². The lowest BCUT2D eigenvalue weighted by atomic mass is 10.0. The van der Waals surface area contributed by atoms with Crippen LogP contribution in [-0.4, -0.2) is 41.0 Å². The van der Waals surface area contributed by atoms with E-state index in [2.05, 4.69) is 20.8 Å². The zero-order chi connectivity index (χ0) is 16.0. The van der Waals surface area contributed by atoms with Crippen LogP contribution in [-0.2, 0) is 11.2 Å². The molecular formula is C15H26N4O3. The van der Waals surface area contributed by atoms with Gasteiger partial charge in [0.2, 0.25) is 5.89 Å². The summed E-state index contributed by atoms with van der Waals surface area (Å²) >= 11 is 0. The molecule has 0 bridgehead atoms. The lowest BCUT2D eigenvalue weighted by Gasteiger charge is -2.23. The first kappa shape index (κ1) is 16.7. The number of hydrogen-bond donors (Lipinski definition) is 2. The second kappa shape index (κ2) is 7.58. The van der Waals surface area contributed by atoms with Crippen LogP contribution in [0.4, 0.5) is 4.79 Å². The van der Waals surface area contributed by atoms with Crippen LogP contribution >= 0.6 is 0 Å². The maximum absolute atomic E-state index is 11.7. The highest BCUT2D eigenvalue weighted by molar-refractivity contribution is 5.67. The average molecular weight is 310 g/mol. The first-order valence-corrected chi connectivity index (χ1v) is 7.90. The summed E-state index contributed by atoms with van der Waals surface area (Å²) in [7, 11) is 0. The summed E-state index contributed by atoms with van der Waals surface area (Å²) < 4.78 is 10.2. The van der Waals surface area contributed by atoms with Crippen molar-refractivity contribution >= 4 is 6.09 Å². The number of amides is 1. The summed E-state index contributed by atoms with van der Waals surface area (Å²) in [4.78, 5) is 15.7. The molecule has 1 aromatic heterocycles. The van der Waals surface area contributed by atoms with Gasteiger partial charge in [0, 0.05) is 25.6 Å². The molecule has 1 aliphatic rings. The molecular weight excluding hydrogens is 284 g/mol.